The van der Waals surface area contributed by atoms with Crippen LogP contribution in [0.1, 0.15) is 19.3 Å². The van der Waals surface area contributed by atoms with Crippen molar-refractivity contribution in [3.63, 3.8) is 0 Å². The summed E-state index contributed by atoms with van der Waals surface area (Å²) in [5, 5.41) is 19.3. The third kappa shape index (κ3) is 6.05. The van der Waals surface area contributed by atoms with Crippen molar-refractivity contribution in [2.75, 3.05) is 0 Å². The van der Waals surface area contributed by atoms with Crippen LogP contribution in [0.15, 0.2) is 230 Å². The largest absolute Gasteiger partial charge is 0.318 e. The van der Waals surface area contributed by atoms with Gasteiger partial charge >= 0.3 is 0 Å². The molecule has 4 heterocycles. The quantitative estimate of drug-likeness (QED) is 0.153. The van der Waals surface area contributed by atoms with Crippen molar-refractivity contribution in [3.8, 4) is 62.0 Å². The van der Waals surface area contributed by atoms with Gasteiger partial charge in [0.1, 0.15) is 6.07 Å². The van der Waals surface area contributed by atoms with Gasteiger partial charge in [-0.25, -0.2) is 4.85 Å². The highest BCUT2D eigenvalue weighted by Crippen LogP contribution is 2.55. The monoisotopic (exact) mass is 984 g/mol. The average molecular weight is 985 g/mol. The molecule has 0 radical (unpaired) electrons. The van der Waals surface area contributed by atoms with E-state index in [4.69, 9.17) is 11.0 Å². The van der Waals surface area contributed by atoms with Gasteiger partial charge in [0, 0.05) is 63.6 Å². The summed E-state index contributed by atoms with van der Waals surface area (Å²) in [5.41, 5.74) is 7.40. The van der Waals surface area contributed by atoms with Gasteiger partial charge in [0.25, 0.3) is 0 Å². The molecule has 0 unspecified atom stereocenters. The van der Waals surface area contributed by atoms with Gasteiger partial charge in [0.05, 0.1) is 68.7 Å². The minimum Gasteiger partial charge on any atom is -0.318 e. The Morgan fingerprint density at radius 3 is 1.73 bits per heavy atom. The van der Waals surface area contributed by atoms with E-state index in [1.807, 2.05) is 132 Å². The van der Waals surface area contributed by atoms with Crippen molar-refractivity contribution in [3.05, 3.63) is 247 Å². The zero-order valence-electron chi connectivity index (χ0n) is 48.8. The molecule has 0 aliphatic carbocycles. The summed E-state index contributed by atoms with van der Waals surface area (Å²) in [6.45, 7) is 9.46. The number of hydrogen-bond acceptors (Lipinski definition) is 3. The normalized spacial score (nSPS) is 13.6. The van der Waals surface area contributed by atoms with Crippen LogP contribution < -0.4 is 0 Å². The van der Waals surface area contributed by atoms with E-state index < -0.39 is 36.3 Å². The smallest absolute Gasteiger partial charge is 0.220 e. The predicted molar refractivity (Wildman–Crippen MR) is 314 cm³/mol. The fourth-order valence-corrected chi connectivity index (χ4v) is 13.9. The lowest BCUT2D eigenvalue weighted by Gasteiger charge is -2.26. The zero-order valence-corrected chi connectivity index (χ0v) is 40.4. The number of nitrogens with zero attached hydrogens (tertiary/aromatic N) is 4. The Balaban J connectivity index is 1.21. The van der Waals surface area contributed by atoms with Crippen LogP contribution >= 0.6 is 22.7 Å². The first-order valence-electron chi connectivity index (χ1n) is 28.9. The van der Waals surface area contributed by atoms with E-state index >= 15 is 0 Å². The first kappa shape index (κ1) is 33.2. The van der Waals surface area contributed by atoms with Crippen LogP contribution in [0, 0.1) is 17.9 Å². The van der Waals surface area contributed by atoms with Gasteiger partial charge in [-0.3, -0.25) is 0 Å². The molecule has 0 fully saturated rings. The van der Waals surface area contributed by atoms with E-state index in [9.17, 15) is 14.6 Å². The molecule has 15 aromatic rings. The summed E-state index contributed by atoms with van der Waals surface area (Å²) in [5.74, 6) is 0. The topological polar surface area (TPSA) is 38.0 Å². The molecule has 15 rings (SSSR count). The number of aromatic nitrogens is 2. The summed E-state index contributed by atoms with van der Waals surface area (Å²) in [6.07, 6.45) is 0. The Morgan fingerprint density at radius 2 is 1.01 bits per heavy atom. The summed E-state index contributed by atoms with van der Waals surface area (Å²) in [6, 6.07) is 53.5. The van der Waals surface area contributed by atoms with Crippen LogP contribution in [0.2, 0.25) is 0 Å². The molecular weight excluding hydrogens is 937 g/mol. The standard InChI is InChI=1S/C68H38N4S2/c1-70-62-59(43-23-10-4-11-24-43)54(40-69)63(60(44-25-12-5-13-26-44)66(62)71-55-30-16-14-27-47(55)48-34-33-45(39-56(48)71)41-19-6-2-7-20-41)72-64-50(35-37-52-49-28-15-17-31-57(49)73-67(52)64)51-36-38-53-61-46(42-21-8-3-9-22-42)29-18-32-58(61)74-68(53)65(51)72/h2-39H/i2D,3D,6D,7D,8D,9D,19D,20D,21D,22D. The lowest BCUT2D eigenvalue weighted by atomic mass is 9.88. The average Bonchev–Trinajstić information content (AvgIpc) is 2.32. The summed E-state index contributed by atoms with van der Waals surface area (Å²) >= 11 is 3.17. The fourth-order valence-electron chi connectivity index (χ4n) is 11.4. The number of rotatable bonds is 6. The van der Waals surface area contributed by atoms with Crippen molar-refractivity contribution in [2.24, 2.45) is 0 Å². The number of fused-ring (bicyclic) bond motifs is 14. The Kier molecular flexibility index (Phi) is 7.39. The van der Waals surface area contributed by atoms with Crippen molar-refractivity contribution in [1.29, 1.82) is 5.26 Å². The Labute approximate surface area is 447 Å². The highest BCUT2D eigenvalue weighted by Gasteiger charge is 2.33. The maximum atomic E-state index is 12.3. The summed E-state index contributed by atoms with van der Waals surface area (Å²) < 4.78 is 96.2. The van der Waals surface area contributed by atoms with E-state index in [2.05, 4.69) is 45.8 Å². The molecule has 0 spiro atoms. The van der Waals surface area contributed by atoms with E-state index in [1.54, 1.807) is 23.5 Å². The molecule has 0 bridgehead atoms. The van der Waals surface area contributed by atoms with Crippen LogP contribution in [0.5, 0.6) is 0 Å². The highest BCUT2D eigenvalue weighted by molar-refractivity contribution is 7.27. The second kappa shape index (κ2) is 16.5. The van der Waals surface area contributed by atoms with E-state index in [-0.39, 0.29) is 46.5 Å². The minimum absolute atomic E-state index is 0.0265. The van der Waals surface area contributed by atoms with Gasteiger partial charge in [0.15, 0.2) is 0 Å². The molecule has 4 aromatic heterocycles. The maximum Gasteiger partial charge on any atom is 0.220 e. The van der Waals surface area contributed by atoms with Crippen molar-refractivity contribution in [1.82, 2.24) is 9.13 Å². The lowest BCUT2D eigenvalue weighted by Crippen LogP contribution is -2.09. The molecule has 0 aliphatic heterocycles. The number of para-hydroxylation sites is 1. The van der Waals surface area contributed by atoms with E-state index in [1.165, 1.54) is 11.3 Å². The van der Waals surface area contributed by atoms with Crippen LogP contribution in [0.3, 0.4) is 0 Å². The van der Waals surface area contributed by atoms with Crippen LogP contribution in [0.25, 0.3) is 145 Å². The molecule has 11 aromatic carbocycles. The summed E-state index contributed by atoms with van der Waals surface area (Å²) in [7, 11) is 0. The molecule has 0 saturated carbocycles. The summed E-state index contributed by atoms with van der Waals surface area (Å²) in [4.78, 5) is 4.50. The number of hydrogen-bond donors (Lipinski definition) is 0. The lowest BCUT2D eigenvalue weighted by molar-refractivity contribution is 1.14. The Hall–Kier alpha value is -9.56. The van der Waals surface area contributed by atoms with Crippen molar-refractivity contribution >= 4 is 112 Å². The molecule has 0 aliphatic rings. The van der Waals surface area contributed by atoms with Gasteiger partial charge < -0.3 is 9.13 Å². The molecule has 74 heavy (non-hydrogen) atoms. The molecule has 4 nitrogen and oxygen atoms in total. The highest BCUT2D eigenvalue weighted by atomic mass is 32.1. The second-order valence-corrected chi connectivity index (χ2v) is 20.2. The molecule has 6 heteroatoms. The molecule has 0 saturated heterocycles. The fraction of sp³-hybridized carbons (Fsp3) is 0. The Morgan fingerprint density at radius 1 is 0.446 bits per heavy atom. The van der Waals surface area contributed by atoms with Gasteiger partial charge in [-0.15, -0.1) is 22.7 Å². The van der Waals surface area contributed by atoms with Crippen LogP contribution in [-0.4, -0.2) is 9.13 Å². The third-order valence-corrected chi connectivity index (χ3v) is 16.7. The van der Waals surface area contributed by atoms with Crippen molar-refractivity contribution < 1.29 is 13.7 Å². The predicted octanol–water partition coefficient (Wildman–Crippen LogP) is 19.7. The first-order valence-corrected chi connectivity index (χ1v) is 25.5. The van der Waals surface area contributed by atoms with Gasteiger partial charge in [-0.1, -0.05) is 206 Å². The number of benzene rings is 11. The molecule has 0 atom stereocenters. The van der Waals surface area contributed by atoms with Crippen LogP contribution in [-0.2, 0) is 0 Å². The Bertz CT molecular complexity index is 5480. The minimum atomic E-state index is -0.503. The second-order valence-electron chi connectivity index (χ2n) is 18.1. The SMILES string of the molecule is [2H]c1c([2H])c([2H])c(-c2ccc3c4ccccc4n(-c4c([N+]#[C-])c(-c5ccccc5)c(C#N)c(-n5c6c(ccc7c8ccccc8sc76)c6ccc7c(sc8cccc(-c9c([2H])c([2H])c([2H])c([2H])c9[2H])c87)c65)c4-c4ccccc4)c3c2)c([2H])c1[2H]. The van der Waals surface area contributed by atoms with Gasteiger partial charge in [0.2, 0.25) is 5.69 Å². The van der Waals surface area contributed by atoms with Gasteiger partial charge in [-0.2, -0.15) is 5.26 Å². The van der Waals surface area contributed by atoms with Gasteiger partial charge in [-0.05, 0) is 57.6 Å². The van der Waals surface area contributed by atoms with E-state index in [0.29, 0.717) is 61.2 Å². The number of nitriles is 1. The molecule has 0 amide bonds. The third-order valence-electron chi connectivity index (χ3n) is 14.3. The first-order chi connectivity index (χ1) is 40.8. The maximum absolute atomic E-state index is 12.3. The molecular formula is C68H38N4S2. The molecule has 0 N–H and O–H groups in total. The number of thiophene rings is 2. The zero-order chi connectivity index (χ0) is 57.7. The van der Waals surface area contributed by atoms with Crippen LogP contribution in [0.4, 0.5) is 5.69 Å². The molecule has 342 valence electrons. The van der Waals surface area contributed by atoms with Crippen molar-refractivity contribution in [2.45, 2.75) is 0 Å². The van der Waals surface area contributed by atoms with E-state index in [0.717, 1.165) is 67.5 Å².